The molecule has 0 atom stereocenters. The predicted octanol–water partition coefficient (Wildman–Crippen LogP) is 1.13. The molecule has 0 spiro atoms. The first kappa shape index (κ1) is 14.0. The maximum atomic E-state index is 11.0. The molecule has 0 fully saturated rings. The monoisotopic (exact) mass is 275 g/mol. The van der Waals surface area contributed by atoms with E-state index in [1.54, 1.807) is 12.4 Å². The maximum absolute atomic E-state index is 11.0. The molecule has 0 unspecified atom stereocenters. The summed E-state index contributed by atoms with van der Waals surface area (Å²) in [6.45, 7) is 2.56. The van der Waals surface area contributed by atoms with Crippen LogP contribution in [0.4, 0.5) is 5.82 Å². The zero-order valence-electron chi connectivity index (χ0n) is 11.5. The van der Waals surface area contributed by atoms with Gasteiger partial charge in [0.2, 0.25) is 0 Å². The molecule has 20 heavy (non-hydrogen) atoms. The van der Waals surface area contributed by atoms with E-state index in [-0.39, 0.29) is 5.56 Å². The highest BCUT2D eigenvalue weighted by molar-refractivity contribution is 5.88. The van der Waals surface area contributed by atoms with E-state index < -0.39 is 5.97 Å². The Bertz CT molecular complexity index is 609. The summed E-state index contributed by atoms with van der Waals surface area (Å²) in [5.41, 5.74) is 1.00. The average molecular weight is 275 g/mol. The van der Waals surface area contributed by atoms with Crippen LogP contribution in [0.5, 0.6) is 0 Å². The van der Waals surface area contributed by atoms with E-state index in [0.29, 0.717) is 25.2 Å². The van der Waals surface area contributed by atoms with Crippen LogP contribution in [0, 0.1) is 0 Å². The normalized spacial score (nSPS) is 10.5. The number of pyridine rings is 1. The molecule has 2 aromatic heterocycles. The number of hydrogen-bond donors (Lipinski definition) is 2. The van der Waals surface area contributed by atoms with Crippen LogP contribution in [-0.2, 0) is 19.9 Å². The van der Waals surface area contributed by atoms with Gasteiger partial charge < -0.3 is 15.0 Å². The third kappa shape index (κ3) is 3.31. The molecule has 2 N–H and O–H groups in total. The highest BCUT2D eigenvalue weighted by Gasteiger charge is 2.08. The molecule has 0 radical (unpaired) electrons. The quantitative estimate of drug-likeness (QED) is 0.820. The average Bonchev–Trinajstić information content (AvgIpc) is 2.84. The summed E-state index contributed by atoms with van der Waals surface area (Å²) in [6.07, 6.45) is 3.03. The van der Waals surface area contributed by atoms with Gasteiger partial charge in [-0.1, -0.05) is 6.92 Å². The molecule has 0 aromatic carbocycles. The first-order valence-electron chi connectivity index (χ1n) is 6.41. The molecule has 0 amide bonds. The minimum atomic E-state index is -0.946. The molecular formula is C13H17N5O2. The van der Waals surface area contributed by atoms with Gasteiger partial charge in [0.25, 0.3) is 0 Å². The Morgan fingerprint density at radius 3 is 2.85 bits per heavy atom. The molecule has 2 aromatic rings. The molecule has 2 rings (SSSR count). The van der Waals surface area contributed by atoms with Crippen LogP contribution >= 0.6 is 0 Å². The van der Waals surface area contributed by atoms with Gasteiger partial charge in [-0.15, -0.1) is 10.2 Å². The van der Waals surface area contributed by atoms with Crippen molar-refractivity contribution in [2.75, 3.05) is 11.9 Å². The Morgan fingerprint density at radius 2 is 2.25 bits per heavy atom. The zero-order chi connectivity index (χ0) is 14.5. The number of carboxylic acid groups (broad SMARTS) is 1. The molecule has 7 heteroatoms. The van der Waals surface area contributed by atoms with Gasteiger partial charge in [0.1, 0.15) is 18.0 Å². The Morgan fingerprint density at radius 1 is 1.45 bits per heavy atom. The second-order valence-corrected chi connectivity index (χ2v) is 4.43. The second-order valence-electron chi connectivity index (χ2n) is 4.43. The molecule has 0 aliphatic heterocycles. The summed E-state index contributed by atoms with van der Waals surface area (Å²) in [5, 5.41) is 20.0. The lowest BCUT2D eigenvalue weighted by atomic mass is 10.2. The van der Waals surface area contributed by atoms with Gasteiger partial charge >= 0.3 is 5.97 Å². The van der Waals surface area contributed by atoms with Gasteiger partial charge in [0, 0.05) is 25.7 Å². The number of anilines is 1. The van der Waals surface area contributed by atoms with E-state index in [2.05, 4.69) is 20.5 Å². The number of carbonyl (C=O) groups is 1. The molecule has 0 saturated carbocycles. The van der Waals surface area contributed by atoms with Gasteiger partial charge in [-0.2, -0.15) is 0 Å². The van der Waals surface area contributed by atoms with Gasteiger partial charge in [0.15, 0.2) is 0 Å². The molecule has 0 aliphatic carbocycles. The number of aromatic carboxylic acids is 1. The molecule has 0 aliphatic rings. The fourth-order valence-electron chi connectivity index (χ4n) is 1.82. The third-order valence-electron chi connectivity index (χ3n) is 2.95. The highest BCUT2D eigenvalue weighted by Crippen LogP contribution is 2.11. The van der Waals surface area contributed by atoms with Crippen LogP contribution in [0.1, 0.15) is 28.8 Å². The standard InChI is InChI=1S/C13H17N5O2/c1-3-10-6-9(13(19)20)7-11(16-10)14-5-4-12-17-15-8-18(12)2/h6-8H,3-5H2,1-2H3,(H,14,16)(H,19,20). The van der Waals surface area contributed by atoms with E-state index in [0.717, 1.165) is 11.5 Å². The lowest BCUT2D eigenvalue weighted by Gasteiger charge is -2.08. The summed E-state index contributed by atoms with van der Waals surface area (Å²) in [6, 6.07) is 3.13. The van der Waals surface area contributed by atoms with E-state index in [9.17, 15) is 4.79 Å². The summed E-state index contributed by atoms with van der Waals surface area (Å²) in [4.78, 5) is 15.4. The summed E-state index contributed by atoms with van der Waals surface area (Å²) >= 11 is 0. The van der Waals surface area contributed by atoms with Crippen LogP contribution in [0.25, 0.3) is 0 Å². The summed E-state index contributed by atoms with van der Waals surface area (Å²) < 4.78 is 1.85. The Labute approximate surface area is 116 Å². The zero-order valence-corrected chi connectivity index (χ0v) is 11.5. The van der Waals surface area contributed by atoms with E-state index >= 15 is 0 Å². The number of rotatable bonds is 6. The Balaban J connectivity index is 2.03. The number of nitrogens with zero attached hydrogens (tertiary/aromatic N) is 4. The first-order chi connectivity index (χ1) is 9.60. The minimum absolute atomic E-state index is 0.248. The predicted molar refractivity (Wildman–Crippen MR) is 73.8 cm³/mol. The van der Waals surface area contributed by atoms with Crippen LogP contribution in [0.2, 0.25) is 0 Å². The van der Waals surface area contributed by atoms with Crippen molar-refractivity contribution in [3.8, 4) is 0 Å². The minimum Gasteiger partial charge on any atom is -0.478 e. The number of hydrogen-bond acceptors (Lipinski definition) is 5. The van der Waals surface area contributed by atoms with Crippen LogP contribution < -0.4 is 5.32 Å². The number of aryl methyl sites for hydroxylation is 2. The smallest absolute Gasteiger partial charge is 0.335 e. The van der Waals surface area contributed by atoms with Crippen LogP contribution in [-0.4, -0.2) is 37.4 Å². The van der Waals surface area contributed by atoms with E-state index in [1.165, 1.54) is 6.07 Å². The van der Waals surface area contributed by atoms with Crippen LogP contribution in [0.3, 0.4) is 0 Å². The Hall–Kier alpha value is -2.44. The molecular weight excluding hydrogens is 258 g/mol. The fraction of sp³-hybridized carbons (Fsp3) is 0.385. The van der Waals surface area contributed by atoms with Crippen molar-refractivity contribution in [1.29, 1.82) is 0 Å². The lowest BCUT2D eigenvalue weighted by Crippen LogP contribution is -2.11. The number of aromatic nitrogens is 4. The van der Waals surface area contributed by atoms with Gasteiger partial charge in [-0.25, -0.2) is 9.78 Å². The van der Waals surface area contributed by atoms with E-state index in [4.69, 9.17) is 5.11 Å². The molecule has 0 saturated heterocycles. The topological polar surface area (TPSA) is 92.9 Å². The summed E-state index contributed by atoms with van der Waals surface area (Å²) in [5.74, 6) is 0.491. The van der Waals surface area contributed by atoms with Gasteiger partial charge in [-0.05, 0) is 18.6 Å². The molecule has 0 bridgehead atoms. The number of nitrogens with one attached hydrogen (secondary N) is 1. The van der Waals surface area contributed by atoms with Crippen molar-refractivity contribution < 1.29 is 9.90 Å². The summed E-state index contributed by atoms with van der Waals surface area (Å²) in [7, 11) is 1.88. The van der Waals surface area contributed by atoms with Gasteiger partial charge in [-0.3, -0.25) is 0 Å². The fourth-order valence-corrected chi connectivity index (χ4v) is 1.82. The Kier molecular flexibility index (Phi) is 4.29. The molecule has 106 valence electrons. The van der Waals surface area contributed by atoms with Crippen molar-refractivity contribution in [3.05, 3.63) is 35.5 Å². The van der Waals surface area contributed by atoms with Crippen molar-refractivity contribution >= 4 is 11.8 Å². The van der Waals surface area contributed by atoms with Crippen molar-refractivity contribution in [2.45, 2.75) is 19.8 Å². The molecule has 7 nitrogen and oxygen atoms in total. The number of carboxylic acids is 1. The highest BCUT2D eigenvalue weighted by atomic mass is 16.4. The second kappa shape index (κ2) is 6.14. The van der Waals surface area contributed by atoms with Crippen LogP contribution in [0.15, 0.2) is 18.5 Å². The largest absolute Gasteiger partial charge is 0.478 e. The van der Waals surface area contributed by atoms with Crippen molar-refractivity contribution in [1.82, 2.24) is 19.7 Å². The third-order valence-corrected chi connectivity index (χ3v) is 2.95. The van der Waals surface area contributed by atoms with Gasteiger partial charge in [0.05, 0.1) is 5.56 Å². The SMILES string of the molecule is CCc1cc(C(=O)O)cc(NCCc2nncn2C)n1. The van der Waals surface area contributed by atoms with Crippen molar-refractivity contribution in [2.24, 2.45) is 7.05 Å². The van der Waals surface area contributed by atoms with E-state index in [1.807, 2.05) is 18.5 Å². The van der Waals surface area contributed by atoms with Crippen molar-refractivity contribution in [3.63, 3.8) is 0 Å². The lowest BCUT2D eigenvalue weighted by molar-refractivity contribution is 0.0696. The first-order valence-corrected chi connectivity index (χ1v) is 6.41. The molecule has 2 heterocycles. The maximum Gasteiger partial charge on any atom is 0.335 e.